The Balaban J connectivity index is 3.30. The second-order valence-corrected chi connectivity index (χ2v) is 3.37. The molecule has 0 atom stereocenters. The number of anilines is 1. The van der Waals surface area contributed by atoms with Crippen molar-refractivity contribution in [2.24, 2.45) is 16.5 Å². The van der Waals surface area contributed by atoms with E-state index in [0.717, 1.165) is 6.92 Å². The largest absolute Gasteiger partial charge is 0.384 e. The van der Waals surface area contributed by atoms with Crippen LogP contribution in [0, 0.1) is 30.2 Å². The first kappa shape index (κ1) is 13.8. The third-order valence-corrected chi connectivity index (χ3v) is 2.00. The summed E-state index contributed by atoms with van der Waals surface area (Å²) in [5.41, 5.74) is 8.68. The standard InChI is InChI=1S/C10H10F4N4/c1-3-5(11)7(13)8(14)9(6(3)12)18-10(16)17-4(2)15/h2,15H2,1H3,(H3,16,17,18). The lowest BCUT2D eigenvalue weighted by molar-refractivity contribution is 0.432. The van der Waals surface area contributed by atoms with Crippen molar-refractivity contribution in [1.29, 1.82) is 0 Å². The van der Waals surface area contributed by atoms with E-state index in [0.29, 0.717) is 0 Å². The van der Waals surface area contributed by atoms with Crippen LogP contribution in [0.2, 0.25) is 0 Å². The molecular weight excluding hydrogens is 252 g/mol. The molecular formula is C10H10F4N4. The quantitative estimate of drug-likeness (QED) is 0.250. The number of halogens is 4. The molecule has 1 aromatic carbocycles. The van der Waals surface area contributed by atoms with E-state index in [-0.39, 0.29) is 5.82 Å². The van der Waals surface area contributed by atoms with Crippen molar-refractivity contribution in [2.45, 2.75) is 6.92 Å². The molecule has 0 bridgehead atoms. The first-order valence-corrected chi connectivity index (χ1v) is 4.63. The number of nitrogens with two attached hydrogens (primary N) is 2. The van der Waals surface area contributed by atoms with Gasteiger partial charge in [-0.15, -0.1) is 0 Å². The van der Waals surface area contributed by atoms with Crippen molar-refractivity contribution < 1.29 is 17.6 Å². The van der Waals surface area contributed by atoms with Gasteiger partial charge < -0.3 is 16.8 Å². The van der Waals surface area contributed by atoms with Crippen LogP contribution < -0.4 is 16.8 Å². The topological polar surface area (TPSA) is 76.4 Å². The van der Waals surface area contributed by atoms with Gasteiger partial charge in [0.15, 0.2) is 29.2 Å². The lowest BCUT2D eigenvalue weighted by atomic mass is 10.1. The molecule has 18 heavy (non-hydrogen) atoms. The molecule has 0 unspecified atom stereocenters. The summed E-state index contributed by atoms with van der Waals surface area (Å²) in [6.07, 6.45) is 0. The average molecular weight is 262 g/mol. The summed E-state index contributed by atoms with van der Waals surface area (Å²) >= 11 is 0. The van der Waals surface area contributed by atoms with Gasteiger partial charge in [-0.05, 0) is 6.92 Å². The first-order chi connectivity index (χ1) is 8.25. The van der Waals surface area contributed by atoms with Gasteiger partial charge in [-0.2, -0.15) is 4.99 Å². The molecule has 0 saturated heterocycles. The highest BCUT2D eigenvalue weighted by atomic mass is 19.2. The Morgan fingerprint density at radius 2 is 1.61 bits per heavy atom. The molecule has 0 radical (unpaired) electrons. The molecule has 0 aliphatic carbocycles. The second-order valence-electron chi connectivity index (χ2n) is 3.37. The summed E-state index contributed by atoms with van der Waals surface area (Å²) in [5.74, 6) is -7.19. The van der Waals surface area contributed by atoms with Crippen LogP contribution in [0.1, 0.15) is 5.56 Å². The van der Waals surface area contributed by atoms with Crippen LogP contribution in [0.25, 0.3) is 0 Å². The van der Waals surface area contributed by atoms with E-state index < -0.39 is 40.5 Å². The van der Waals surface area contributed by atoms with Gasteiger partial charge in [-0.25, -0.2) is 17.6 Å². The maximum atomic E-state index is 13.5. The van der Waals surface area contributed by atoms with Gasteiger partial charge in [0.05, 0.1) is 0 Å². The Labute approximate surface area is 100.0 Å². The van der Waals surface area contributed by atoms with E-state index >= 15 is 0 Å². The van der Waals surface area contributed by atoms with Crippen LogP contribution in [0.3, 0.4) is 0 Å². The lowest BCUT2D eigenvalue weighted by Gasteiger charge is -2.11. The van der Waals surface area contributed by atoms with Crippen molar-refractivity contribution in [3.8, 4) is 0 Å². The van der Waals surface area contributed by atoms with Gasteiger partial charge in [-0.1, -0.05) is 6.58 Å². The Kier molecular flexibility index (Phi) is 3.79. The molecule has 98 valence electrons. The highest BCUT2D eigenvalue weighted by Gasteiger charge is 2.23. The molecule has 0 aliphatic heterocycles. The molecule has 0 aliphatic rings. The average Bonchev–Trinajstić information content (AvgIpc) is 2.29. The minimum atomic E-state index is -1.81. The van der Waals surface area contributed by atoms with E-state index in [1.807, 2.05) is 5.32 Å². The predicted molar refractivity (Wildman–Crippen MR) is 59.6 cm³/mol. The van der Waals surface area contributed by atoms with Gasteiger partial charge in [0.25, 0.3) is 0 Å². The Morgan fingerprint density at radius 1 is 1.06 bits per heavy atom. The van der Waals surface area contributed by atoms with Crippen molar-refractivity contribution in [1.82, 2.24) is 0 Å². The van der Waals surface area contributed by atoms with Gasteiger partial charge in [-0.3, -0.25) is 0 Å². The molecule has 8 heteroatoms. The minimum absolute atomic E-state index is 0.222. The summed E-state index contributed by atoms with van der Waals surface area (Å²) in [6, 6.07) is 0. The summed E-state index contributed by atoms with van der Waals surface area (Å²) in [4.78, 5) is 3.35. The maximum absolute atomic E-state index is 13.5. The fourth-order valence-electron chi connectivity index (χ4n) is 1.17. The third kappa shape index (κ3) is 2.53. The van der Waals surface area contributed by atoms with Gasteiger partial charge in [0.1, 0.15) is 11.5 Å². The van der Waals surface area contributed by atoms with Crippen LogP contribution in [0.5, 0.6) is 0 Å². The Bertz CT molecular complexity index is 510. The molecule has 0 spiro atoms. The third-order valence-electron chi connectivity index (χ3n) is 2.00. The summed E-state index contributed by atoms with van der Waals surface area (Å²) in [7, 11) is 0. The summed E-state index contributed by atoms with van der Waals surface area (Å²) < 4.78 is 52.9. The number of benzene rings is 1. The number of nitrogens with zero attached hydrogens (tertiary/aromatic N) is 1. The lowest BCUT2D eigenvalue weighted by Crippen LogP contribution is -2.25. The number of guanidine groups is 1. The zero-order valence-electron chi connectivity index (χ0n) is 9.32. The molecule has 1 rings (SSSR count). The molecule has 1 aromatic rings. The zero-order valence-corrected chi connectivity index (χ0v) is 9.32. The zero-order chi connectivity index (χ0) is 14.0. The molecule has 0 amide bonds. The van der Waals surface area contributed by atoms with E-state index in [4.69, 9.17) is 11.5 Å². The van der Waals surface area contributed by atoms with Crippen LogP contribution in [0.15, 0.2) is 17.4 Å². The summed E-state index contributed by atoms with van der Waals surface area (Å²) in [5, 5.41) is 1.95. The molecule has 0 heterocycles. The second kappa shape index (κ2) is 4.94. The SMILES string of the molecule is C=C(N)/N=C(\N)Nc1c(F)c(C)c(F)c(F)c1F. The maximum Gasteiger partial charge on any atom is 0.199 e. The minimum Gasteiger partial charge on any atom is -0.384 e. The molecule has 5 N–H and O–H groups in total. The number of nitrogens with one attached hydrogen (secondary N) is 1. The summed E-state index contributed by atoms with van der Waals surface area (Å²) in [6.45, 7) is 4.13. The Morgan fingerprint density at radius 3 is 2.11 bits per heavy atom. The van der Waals surface area contributed by atoms with Crippen molar-refractivity contribution in [3.63, 3.8) is 0 Å². The number of aliphatic imine (C=N–C) groups is 1. The van der Waals surface area contributed by atoms with Crippen LogP contribution in [0.4, 0.5) is 23.2 Å². The highest BCUT2D eigenvalue weighted by molar-refractivity contribution is 5.93. The smallest absolute Gasteiger partial charge is 0.199 e. The fourth-order valence-corrected chi connectivity index (χ4v) is 1.17. The first-order valence-electron chi connectivity index (χ1n) is 4.63. The fraction of sp³-hybridized carbons (Fsp3) is 0.100. The van der Waals surface area contributed by atoms with Gasteiger partial charge in [0.2, 0.25) is 0 Å². The van der Waals surface area contributed by atoms with E-state index in [1.165, 1.54) is 0 Å². The van der Waals surface area contributed by atoms with E-state index in [1.54, 1.807) is 0 Å². The number of hydrogen-bond acceptors (Lipinski definition) is 2. The van der Waals surface area contributed by atoms with Crippen molar-refractivity contribution >= 4 is 11.6 Å². The predicted octanol–water partition coefficient (Wildman–Crippen LogP) is 1.71. The van der Waals surface area contributed by atoms with Crippen LogP contribution >= 0.6 is 0 Å². The molecule has 0 aromatic heterocycles. The molecule has 0 fully saturated rings. The van der Waals surface area contributed by atoms with Crippen LogP contribution in [-0.4, -0.2) is 5.96 Å². The van der Waals surface area contributed by atoms with Gasteiger partial charge >= 0.3 is 0 Å². The van der Waals surface area contributed by atoms with E-state index in [2.05, 4.69) is 11.6 Å². The molecule has 4 nitrogen and oxygen atoms in total. The number of rotatable bonds is 2. The normalized spacial score (nSPS) is 11.5. The van der Waals surface area contributed by atoms with Crippen molar-refractivity contribution in [3.05, 3.63) is 41.2 Å². The van der Waals surface area contributed by atoms with Crippen molar-refractivity contribution in [2.75, 3.05) is 5.32 Å². The monoisotopic (exact) mass is 262 g/mol. The van der Waals surface area contributed by atoms with E-state index in [9.17, 15) is 17.6 Å². The van der Waals surface area contributed by atoms with Crippen LogP contribution in [-0.2, 0) is 0 Å². The number of hydrogen-bond donors (Lipinski definition) is 3. The highest BCUT2D eigenvalue weighted by Crippen LogP contribution is 2.27. The molecule has 0 saturated carbocycles. The Hall–Kier alpha value is -2.25. The van der Waals surface area contributed by atoms with Gasteiger partial charge in [0, 0.05) is 5.56 Å².